The summed E-state index contributed by atoms with van der Waals surface area (Å²) in [5.41, 5.74) is 6.42. The molecule has 0 aromatic heterocycles. The van der Waals surface area contributed by atoms with E-state index in [4.69, 9.17) is 10.5 Å². The summed E-state index contributed by atoms with van der Waals surface area (Å²) in [6, 6.07) is 9.15. The molecule has 3 unspecified atom stereocenters. The SMILES string of the molecule is CC1(C)C2CCC1(COC(=O)CC(N)c1ccccc1)C(=O)C2. The molecule has 2 aliphatic rings. The molecule has 3 atom stereocenters. The third kappa shape index (κ3) is 2.59. The summed E-state index contributed by atoms with van der Waals surface area (Å²) in [4.78, 5) is 24.6. The Bertz CT molecular complexity index is 610. The summed E-state index contributed by atoms with van der Waals surface area (Å²) in [5, 5.41) is 0. The molecule has 4 nitrogen and oxygen atoms in total. The Labute approximate surface area is 137 Å². The van der Waals surface area contributed by atoms with Crippen LogP contribution in [0.1, 0.15) is 51.1 Å². The highest BCUT2D eigenvalue weighted by atomic mass is 16.5. The minimum atomic E-state index is -0.482. The minimum absolute atomic E-state index is 0.0775. The Morgan fingerprint density at radius 1 is 1.35 bits per heavy atom. The van der Waals surface area contributed by atoms with E-state index in [1.165, 1.54) is 0 Å². The quantitative estimate of drug-likeness (QED) is 0.848. The smallest absolute Gasteiger partial charge is 0.307 e. The first-order valence-electron chi connectivity index (χ1n) is 8.36. The Morgan fingerprint density at radius 2 is 2.04 bits per heavy atom. The molecule has 3 rings (SSSR count). The molecular weight excluding hydrogens is 290 g/mol. The van der Waals surface area contributed by atoms with E-state index < -0.39 is 5.41 Å². The molecule has 23 heavy (non-hydrogen) atoms. The van der Waals surface area contributed by atoms with E-state index in [1.807, 2.05) is 30.3 Å². The van der Waals surface area contributed by atoms with Gasteiger partial charge in [0.25, 0.3) is 0 Å². The average Bonchev–Trinajstić information content (AvgIpc) is 2.88. The second-order valence-electron chi connectivity index (χ2n) is 7.55. The third-order valence-electron chi connectivity index (χ3n) is 6.23. The number of esters is 1. The zero-order chi connectivity index (χ0) is 16.7. The van der Waals surface area contributed by atoms with Crippen molar-refractivity contribution in [2.75, 3.05) is 6.61 Å². The zero-order valence-electron chi connectivity index (χ0n) is 13.9. The van der Waals surface area contributed by atoms with E-state index in [1.54, 1.807) is 0 Å². The molecule has 1 aromatic rings. The molecule has 0 saturated heterocycles. The van der Waals surface area contributed by atoms with Crippen molar-refractivity contribution in [2.45, 2.75) is 45.6 Å². The van der Waals surface area contributed by atoms with Gasteiger partial charge in [0.1, 0.15) is 12.4 Å². The van der Waals surface area contributed by atoms with E-state index >= 15 is 0 Å². The van der Waals surface area contributed by atoms with Crippen LogP contribution in [0.4, 0.5) is 0 Å². The van der Waals surface area contributed by atoms with Crippen LogP contribution in [0.15, 0.2) is 30.3 Å². The van der Waals surface area contributed by atoms with Crippen molar-refractivity contribution in [1.82, 2.24) is 0 Å². The number of hydrogen-bond donors (Lipinski definition) is 1. The van der Waals surface area contributed by atoms with Crippen LogP contribution >= 0.6 is 0 Å². The van der Waals surface area contributed by atoms with Crippen LogP contribution in [-0.2, 0) is 14.3 Å². The lowest BCUT2D eigenvalue weighted by molar-refractivity contribution is -0.152. The van der Waals surface area contributed by atoms with Crippen LogP contribution in [0.25, 0.3) is 0 Å². The van der Waals surface area contributed by atoms with Crippen LogP contribution in [0.2, 0.25) is 0 Å². The predicted octanol–water partition coefficient (Wildman–Crippen LogP) is 3.02. The van der Waals surface area contributed by atoms with Crippen LogP contribution in [-0.4, -0.2) is 18.4 Å². The van der Waals surface area contributed by atoms with Crippen LogP contribution in [0.5, 0.6) is 0 Å². The zero-order valence-corrected chi connectivity index (χ0v) is 13.9. The van der Waals surface area contributed by atoms with Gasteiger partial charge in [0.15, 0.2) is 0 Å². The number of hydrogen-bond acceptors (Lipinski definition) is 4. The molecule has 0 amide bonds. The molecule has 2 bridgehead atoms. The van der Waals surface area contributed by atoms with Gasteiger partial charge < -0.3 is 10.5 Å². The van der Waals surface area contributed by atoms with Gasteiger partial charge >= 0.3 is 5.97 Å². The van der Waals surface area contributed by atoms with Crippen molar-refractivity contribution >= 4 is 11.8 Å². The van der Waals surface area contributed by atoms with Crippen molar-refractivity contribution in [3.8, 4) is 0 Å². The van der Waals surface area contributed by atoms with Crippen molar-refractivity contribution in [3.05, 3.63) is 35.9 Å². The van der Waals surface area contributed by atoms with E-state index in [9.17, 15) is 9.59 Å². The number of Topliss-reactive ketones (excluding diaryl/α,β-unsaturated/α-hetero) is 1. The predicted molar refractivity (Wildman–Crippen MR) is 87.5 cm³/mol. The summed E-state index contributed by atoms with van der Waals surface area (Å²) in [6.45, 7) is 4.48. The molecule has 2 N–H and O–H groups in total. The number of carbonyl (C=O) groups excluding carboxylic acids is 2. The molecule has 0 radical (unpaired) electrons. The second kappa shape index (κ2) is 5.75. The van der Waals surface area contributed by atoms with E-state index in [2.05, 4.69) is 13.8 Å². The molecule has 0 heterocycles. The molecule has 4 heteroatoms. The maximum Gasteiger partial charge on any atom is 0.307 e. The van der Waals surface area contributed by atoms with Gasteiger partial charge in [-0.25, -0.2) is 0 Å². The Kier molecular flexibility index (Phi) is 4.05. The lowest BCUT2D eigenvalue weighted by atomic mass is 9.69. The van der Waals surface area contributed by atoms with Crippen LogP contribution < -0.4 is 5.73 Å². The standard InChI is InChI=1S/C19H25NO3/c1-18(2)14-8-9-19(18,16(21)10-14)12-23-17(22)11-15(20)13-6-4-3-5-7-13/h3-7,14-15H,8-12,20H2,1-2H3. The van der Waals surface area contributed by atoms with Gasteiger partial charge in [0, 0.05) is 12.5 Å². The highest BCUT2D eigenvalue weighted by molar-refractivity contribution is 5.90. The summed E-state index contributed by atoms with van der Waals surface area (Å²) in [7, 11) is 0. The highest BCUT2D eigenvalue weighted by Gasteiger charge is 2.64. The maximum atomic E-state index is 12.4. The number of ether oxygens (including phenoxy) is 1. The molecule has 1 aromatic carbocycles. The third-order valence-corrected chi connectivity index (χ3v) is 6.23. The largest absolute Gasteiger partial charge is 0.465 e. The molecule has 2 fully saturated rings. The molecular formula is C19H25NO3. The lowest BCUT2D eigenvalue weighted by Crippen LogP contribution is -2.41. The first-order chi connectivity index (χ1) is 10.9. The minimum Gasteiger partial charge on any atom is -0.465 e. The Balaban J connectivity index is 1.60. The van der Waals surface area contributed by atoms with Gasteiger partial charge in [-0.1, -0.05) is 44.2 Å². The van der Waals surface area contributed by atoms with E-state index in [-0.39, 0.29) is 36.2 Å². The number of rotatable bonds is 5. The van der Waals surface area contributed by atoms with Crippen LogP contribution in [0.3, 0.4) is 0 Å². The molecule has 2 saturated carbocycles. The molecule has 124 valence electrons. The van der Waals surface area contributed by atoms with Gasteiger partial charge in [-0.15, -0.1) is 0 Å². The van der Waals surface area contributed by atoms with Crippen molar-refractivity contribution in [1.29, 1.82) is 0 Å². The number of ketones is 1. The molecule has 2 aliphatic carbocycles. The fraction of sp³-hybridized carbons (Fsp3) is 0.579. The number of benzene rings is 1. The van der Waals surface area contributed by atoms with Gasteiger partial charge in [-0.3, -0.25) is 9.59 Å². The second-order valence-corrected chi connectivity index (χ2v) is 7.55. The fourth-order valence-electron chi connectivity index (χ4n) is 4.37. The summed E-state index contributed by atoms with van der Waals surface area (Å²) in [6.07, 6.45) is 2.66. The first-order valence-corrected chi connectivity index (χ1v) is 8.36. The molecule has 0 spiro atoms. The number of carbonyl (C=O) groups is 2. The summed E-state index contributed by atoms with van der Waals surface area (Å²) >= 11 is 0. The molecule has 0 aliphatic heterocycles. The number of fused-ring (bicyclic) bond motifs is 2. The summed E-state index contributed by atoms with van der Waals surface area (Å²) < 4.78 is 5.51. The maximum absolute atomic E-state index is 12.4. The normalized spacial score (nSPS) is 29.5. The van der Waals surface area contributed by atoms with Crippen molar-refractivity contribution in [3.63, 3.8) is 0 Å². The highest BCUT2D eigenvalue weighted by Crippen LogP contribution is 2.63. The van der Waals surface area contributed by atoms with Crippen LogP contribution in [0, 0.1) is 16.7 Å². The monoisotopic (exact) mass is 315 g/mol. The van der Waals surface area contributed by atoms with Gasteiger partial charge in [-0.05, 0) is 29.7 Å². The van der Waals surface area contributed by atoms with E-state index in [0.717, 1.165) is 18.4 Å². The number of nitrogens with two attached hydrogens (primary N) is 1. The van der Waals surface area contributed by atoms with E-state index in [0.29, 0.717) is 12.3 Å². The first kappa shape index (κ1) is 16.2. The Morgan fingerprint density at radius 3 is 2.61 bits per heavy atom. The van der Waals surface area contributed by atoms with Gasteiger partial charge in [-0.2, -0.15) is 0 Å². The topological polar surface area (TPSA) is 69.4 Å². The van der Waals surface area contributed by atoms with Crippen molar-refractivity contribution in [2.24, 2.45) is 22.5 Å². The van der Waals surface area contributed by atoms with Gasteiger partial charge in [0.05, 0.1) is 11.8 Å². The van der Waals surface area contributed by atoms with Crippen molar-refractivity contribution < 1.29 is 14.3 Å². The lowest BCUT2D eigenvalue weighted by Gasteiger charge is -2.35. The van der Waals surface area contributed by atoms with Gasteiger partial charge in [0.2, 0.25) is 0 Å². The summed E-state index contributed by atoms with van der Waals surface area (Å²) in [5.74, 6) is 0.369. The fourth-order valence-corrected chi connectivity index (χ4v) is 4.37. The average molecular weight is 315 g/mol. The Hall–Kier alpha value is -1.68.